The smallest absolute Gasteiger partial charge is 0.287 e. The number of nitrogens with zero attached hydrogens (tertiary/aromatic N) is 2. The molecule has 0 amide bonds. The summed E-state index contributed by atoms with van der Waals surface area (Å²) < 4.78 is 3.45. The van der Waals surface area contributed by atoms with Gasteiger partial charge in [0.15, 0.2) is 0 Å². The van der Waals surface area contributed by atoms with Gasteiger partial charge in [-0.05, 0) is 61.7 Å². The first-order chi connectivity index (χ1) is 10.9. The third kappa shape index (κ3) is 2.73. The SMILES string of the molecule is C=C(C)n1c(=O)n(Cc2cccc(Cl)c2)c2cc(C)c(C)cc21. The Morgan fingerprint density at radius 2 is 1.78 bits per heavy atom. The van der Waals surface area contributed by atoms with Gasteiger partial charge in [0.2, 0.25) is 0 Å². The predicted molar refractivity (Wildman–Crippen MR) is 97.2 cm³/mol. The molecule has 1 heterocycles. The largest absolute Gasteiger partial charge is 0.333 e. The molecule has 3 rings (SSSR count). The first-order valence-corrected chi connectivity index (χ1v) is 7.89. The normalized spacial score (nSPS) is 11.1. The lowest BCUT2D eigenvalue weighted by molar-refractivity contribution is 0.766. The molecule has 0 N–H and O–H groups in total. The molecule has 0 aliphatic carbocycles. The van der Waals surface area contributed by atoms with Crippen LogP contribution < -0.4 is 5.69 Å². The summed E-state index contributed by atoms with van der Waals surface area (Å²) in [5, 5.41) is 0.672. The second kappa shape index (κ2) is 5.74. The molecule has 3 aromatic rings. The minimum Gasteiger partial charge on any atom is -0.287 e. The first-order valence-electron chi connectivity index (χ1n) is 7.51. The van der Waals surface area contributed by atoms with Gasteiger partial charge in [-0.2, -0.15) is 0 Å². The summed E-state index contributed by atoms with van der Waals surface area (Å²) in [6.07, 6.45) is 0. The minimum atomic E-state index is -0.0718. The number of benzene rings is 2. The molecular formula is C19H19ClN2O. The van der Waals surface area contributed by atoms with E-state index in [4.69, 9.17) is 11.6 Å². The van der Waals surface area contributed by atoms with Crippen LogP contribution in [0.4, 0.5) is 0 Å². The van der Waals surface area contributed by atoms with Crippen LogP contribution in [0.2, 0.25) is 5.02 Å². The van der Waals surface area contributed by atoms with Crippen molar-refractivity contribution in [1.29, 1.82) is 0 Å². The number of aryl methyl sites for hydroxylation is 2. The van der Waals surface area contributed by atoms with Gasteiger partial charge in [-0.15, -0.1) is 0 Å². The number of imidazole rings is 1. The van der Waals surface area contributed by atoms with Gasteiger partial charge >= 0.3 is 5.69 Å². The lowest BCUT2D eigenvalue weighted by atomic mass is 10.1. The molecule has 0 bridgehead atoms. The van der Waals surface area contributed by atoms with E-state index >= 15 is 0 Å². The van der Waals surface area contributed by atoms with Gasteiger partial charge in [-0.25, -0.2) is 4.79 Å². The maximum Gasteiger partial charge on any atom is 0.333 e. The maximum absolute atomic E-state index is 12.9. The summed E-state index contributed by atoms with van der Waals surface area (Å²) in [7, 11) is 0. The van der Waals surface area contributed by atoms with Crippen LogP contribution in [-0.4, -0.2) is 9.13 Å². The second-order valence-corrected chi connectivity index (χ2v) is 6.43. The van der Waals surface area contributed by atoms with Gasteiger partial charge in [0.05, 0.1) is 17.6 Å². The molecule has 23 heavy (non-hydrogen) atoms. The fourth-order valence-corrected chi connectivity index (χ4v) is 3.06. The number of fused-ring (bicyclic) bond motifs is 1. The summed E-state index contributed by atoms with van der Waals surface area (Å²) >= 11 is 6.06. The van der Waals surface area contributed by atoms with Crippen molar-refractivity contribution in [1.82, 2.24) is 9.13 Å². The number of hydrogen-bond donors (Lipinski definition) is 0. The maximum atomic E-state index is 12.9. The summed E-state index contributed by atoms with van der Waals surface area (Å²) in [6, 6.07) is 11.7. The number of rotatable bonds is 3. The molecule has 0 unspecified atom stereocenters. The lowest BCUT2D eigenvalue weighted by Gasteiger charge is -2.06. The van der Waals surface area contributed by atoms with Crippen LogP contribution in [0.25, 0.3) is 16.7 Å². The van der Waals surface area contributed by atoms with Crippen molar-refractivity contribution in [2.45, 2.75) is 27.3 Å². The zero-order valence-corrected chi connectivity index (χ0v) is 14.3. The zero-order chi connectivity index (χ0) is 16.7. The van der Waals surface area contributed by atoms with Crippen molar-refractivity contribution < 1.29 is 0 Å². The second-order valence-electron chi connectivity index (χ2n) is 5.99. The monoisotopic (exact) mass is 326 g/mol. The van der Waals surface area contributed by atoms with Gasteiger partial charge in [-0.3, -0.25) is 9.13 Å². The standard InChI is InChI=1S/C19H19ClN2O/c1-12(2)22-18-9-14(4)13(3)8-17(18)21(19(22)23)11-15-6-5-7-16(20)10-15/h5-10H,1,11H2,2-4H3. The molecule has 2 aromatic carbocycles. The Hall–Kier alpha value is -2.26. The zero-order valence-electron chi connectivity index (χ0n) is 13.6. The van der Waals surface area contributed by atoms with Gasteiger partial charge < -0.3 is 0 Å². The molecule has 118 valence electrons. The highest BCUT2D eigenvalue weighted by Crippen LogP contribution is 2.22. The molecule has 0 saturated carbocycles. The molecule has 0 aliphatic heterocycles. The van der Waals surface area contributed by atoms with E-state index in [-0.39, 0.29) is 5.69 Å². The average Bonchev–Trinajstić information content (AvgIpc) is 2.72. The molecule has 0 fully saturated rings. The van der Waals surface area contributed by atoms with Gasteiger partial charge in [0.1, 0.15) is 0 Å². The van der Waals surface area contributed by atoms with Crippen LogP contribution in [0.5, 0.6) is 0 Å². The molecule has 0 atom stereocenters. The summed E-state index contributed by atoms with van der Waals surface area (Å²) in [4.78, 5) is 12.9. The quantitative estimate of drug-likeness (QED) is 0.690. The van der Waals surface area contributed by atoms with Crippen molar-refractivity contribution in [3.05, 3.63) is 75.2 Å². The Morgan fingerprint density at radius 3 is 2.39 bits per heavy atom. The third-order valence-corrected chi connectivity index (χ3v) is 4.39. The average molecular weight is 327 g/mol. The van der Waals surface area contributed by atoms with Crippen molar-refractivity contribution in [3.8, 4) is 0 Å². The number of aromatic nitrogens is 2. The van der Waals surface area contributed by atoms with Crippen molar-refractivity contribution in [2.24, 2.45) is 0 Å². The molecule has 1 aromatic heterocycles. The van der Waals surface area contributed by atoms with E-state index in [1.807, 2.05) is 31.2 Å². The third-order valence-electron chi connectivity index (χ3n) is 4.16. The Morgan fingerprint density at radius 1 is 1.13 bits per heavy atom. The van der Waals surface area contributed by atoms with Crippen molar-refractivity contribution in [2.75, 3.05) is 0 Å². The molecule has 0 spiro atoms. The summed E-state index contributed by atoms with van der Waals surface area (Å²) in [5.41, 5.74) is 5.78. The Balaban J connectivity index is 2.28. The fourth-order valence-electron chi connectivity index (χ4n) is 2.85. The van der Waals surface area contributed by atoms with Crippen LogP contribution in [0.1, 0.15) is 23.6 Å². The first kappa shape index (κ1) is 15.6. The number of halogens is 1. The van der Waals surface area contributed by atoms with Crippen LogP contribution in [0.3, 0.4) is 0 Å². The minimum absolute atomic E-state index is 0.0718. The highest BCUT2D eigenvalue weighted by molar-refractivity contribution is 6.30. The van der Waals surface area contributed by atoms with Gasteiger partial charge in [0, 0.05) is 10.7 Å². The van der Waals surface area contributed by atoms with Crippen LogP contribution in [-0.2, 0) is 6.54 Å². The van der Waals surface area contributed by atoms with E-state index in [1.165, 1.54) is 0 Å². The summed E-state index contributed by atoms with van der Waals surface area (Å²) in [5.74, 6) is 0. The molecule has 0 saturated heterocycles. The Labute approximate surface area is 140 Å². The van der Waals surface area contributed by atoms with E-state index in [2.05, 4.69) is 32.6 Å². The van der Waals surface area contributed by atoms with E-state index in [9.17, 15) is 4.79 Å². The fraction of sp³-hybridized carbons (Fsp3) is 0.211. The summed E-state index contributed by atoms with van der Waals surface area (Å²) in [6.45, 7) is 10.4. The van der Waals surface area contributed by atoms with Crippen LogP contribution in [0, 0.1) is 13.8 Å². The molecule has 4 heteroatoms. The highest BCUT2D eigenvalue weighted by Gasteiger charge is 2.15. The topological polar surface area (TPSA) is 26.9 Å². The van der Waals surface area contributed by atoms with E-state index < -0.39 is 0 Å². The number of hydrogen-bond acceptors (Lipinski definition) is 1. The van der Waals surface area contributed by atoms with E-state index in [1.54, 1.807) is 9.13 Å². The molecule has 3 nitrogen and oxygen atoms in total. The molecule has 0 radical (unpaired) electrons. The molecule has 0 aliphatic rings. The van der Waals surface area contributed by atoms with Crippen molar-refractivity contribution >= 4 is 28.3 Å². The van der Waals surface area contributed by atoms with E-state index in [0.29, 0.717) is 17.3 Å². The predicted octanol–water partition coefficient (Wildman–Crippen LogP) is 4.61. The van der Waals surface area contributed by atoms with E-state index in [0.717, 1.165) is 27.7 Å². The van der Waals surface area contributed by atoms with Crippen LogP contribution in [0.15, 0.2) is 47.8 Å². The Bertz CT molecular complexity index is 979. The Kier molecular flexibility index (Phi) is 3.90. The highest BCUT2D eigenvalue weighted by atomic mass is 35.5. The lowest BCUT2D eigenvalue weighted by Crippen LogP contribution is -2.23. The molecular weight excluding hydrogens is 308 g/mol. The van der Waals surface area contributed by atoms with Crippen molar-refractivity contribution in [3.63, 3.8) is 0 Å². The van der Waals surface area contributed by atoms with Gasteiger partial charge in [-0.1, -0.05) is 30.3 Å². The number of allylic oxidation sites excluding steroid dienone is 1. The van der Waals surface area contributed by atoms with Crippen LogP contribution >= 0.6 is 11.6 Å². The van der Waals surface area contributed by atoms with Gasteiger partial charge in [0.25, 0.3) is 0 Å².